The SMILES string of the molecule is O=C(NC(Cc1c[nH]c2ccccc12)C(=O)OCC(=O)N1CCc2ccccc2C1)c1ccc(Cl)cc1. The monoisotopic (exact) mass is 515 g/mol. The van der Waals surface area contributed by atoms with E-state index in [2.05, 4.69) is 16.4 Å². The summed E-state index contributed by atoms with van der Waals surface area (Å²) in [7, 11) is 0. The molecule has 2 amide bonds. The van der Waals surface area contributed by atoms with Gasteiger partial charge < -0.3 is 19.9 Å². The number of nitrogens with one attached hydrogen (secondary N) is 2. The molecule has 1 aliphatic heterocycles. The number of carbonyl (C=O) groups excluding carboxylic acids is 3. The predicted molar refractivity (Wildman–Crippen MR) is 141 cm³/mol. The third kappa shape index (κ3) is 5.67. The normalized spacial score (nSPS) is 13.6. The summed E-state index contributed by atoms with van der Waals surface area (Å²) in [5.74, 6) is -1.37. The van der Waals surface area contributed by atoms with Gasteiger partial charge in [-0.05, 0) is 53.4 Å². The molecule has 5 rings (SSSR count). The minimum atomic E-state index is -0.989. The maximum Gasteiger partial charge on any atom is 0.329 e. The summed E-state index contributed by atoms with van der Waals surface area (Å²) in [6.07, 6.45) is 2.78. The van der Waals surface area contributed by atoms with Crippen molar-refractivity contribution >= 4 is 40.3 Å². The fourth-order valence-electron chi connectivity index (χ4n) is 4.59. The van der Waals surface area contributed by atoms with Crippen molar-refractivity contribution in [2.75, 3.05) is 13.2 Å². The quantitative estimate of drug-likeness (QED) is 0.359. The molecule has 0 aliphatic carbocycles. The zero-order valence-electron chi connectivity index (χ0n) is 20.1. The molecule has 4 aromatic rings. The van der Waals surface area contributed by atoms with Gasteiger partial charge in [0, 0.05) is 47.2 Å². The Bertz CT molecular complexity index is 1450. The van der Waals surface area contributed by atoms with Crippen LogP contribution in [0, 0.1) is 0 Å². The highest BCUT2D eigenvalue weighted by Gasteiger charge is 2.27. The zero-order valence-corrected chi connectivity index (χ0v) is 20.8. The van der Waals surface area contributed by atoms with Crippen LogP contribution in [0.1, 0.15) is 27.0 Å². The number of halogens is 1. The molecule has 8 heteroatoms. The minimum absolute atomic E-state index is 0.202. The lowest BCUT2D eigenvalue weighted by molar-refractivity contribution is -0.154. The molecule has 3 aromatic carbocycles. The second kappa shape index (κ2) is 10.9. The number of aromatic nitrogens is 1. The molecule has 1 aromatic heterocycles. The molecule has 7 nitrogen and oxygen atoms in total. The molecule has 1 aliphatic rings. The van der Waals surface area contributed by atoms with E-state index < -0.39 is 17.9 Å². The van der Waals surface area contributed by atoms with Crippen molar-refractivity contribution in [1.29, 1.82) is 0 Å². The van der Waals surface area contributed by atoms with E-state index in [9.17, 15) is 14.4 Å². The Hall–Kier alpha value is -4.10. The lowest BCUT2D eigenvalue weighted by Gasteiger charge is -2.29. The van der Waals surface area contributed by atoms with Gasteiger partial charge >= 0.3 is 5.97 Å². The van der Waals surface area contributed by atoms with E-state index in [1.54, 1.807) is 29.2 Å². The Morgan fingerprint density at radius 1 is 0.973 bits per heavy atom. The Morgan fingerprint density at radius 2 is 1.70 bits per heavy atom. The number of carbonyl (C=O) groups is 3. The average molecular weight is 516 g/mol. The summed E-state index contributed by atoms with van der Waals surface area (Å²) in [4.78, 5) is 43.8. The number of hydrogen-bond donors (Lipinski definition) is 2. The first kappa shape index (κ1) is 24.6. The van der Waals surface area contributed by atoms with Crippen LogP contribution < -0.4 is 5.32 Å². The van der Waals surface area contributed by atoms with E-state index >= 15 is 0 Å². The number of para-hydroxylation sites is 1. The molecule has 0 bridgehead atoms. The molecular formula is C29H26ClN3O4. The highest BCUT2D eigenvalue weighted by molar-refractivity contribution is 6.30. The van der Waals surface area contributed by atoms with Crippen LogP contribution in [0.2, 0.25) is 5.02 Å². The average Bonchev–Trinajstić information content (AvgIpc) is 3.34. The molecule has 0 fully saturated rings. The van der Waals surface area contributed by atoms with E-state index in [0.717, 1.165) is 28.5 Å². The van der Waals surface area contributed by atoms with Gasteiger partial charge in [-0.1, -0.05) is 54.1 Å². The van der Waals surface area contributed by atoms with Crippen molar-refractivity contribution in [3.8, 4) is 0 Å². The van der Waals surface area contributed by atoms with Crippen LogP contribution >= 0.6 is 11.6 Å². The van der Waals surface area contributed by atoms with Crippen molar-refractivity contribution in [3.63, 3.8) is 0 Å². The summed E-state index contributed by atoms with van der Waals surface area (Å²) in [6, 6.07) is 21.1. The second-order valence-corrected chi connectivity index (χ2v) is 9.47. The van der Waals surface area contributed by atoms with Gasteiger partial charge in [0.15, 0.2) is 6.61 Å². The summed E-state index contributed by atoms with van der Waals surface area (Å²) >= 11 is 5.94. The number of benzene rings is 3. The number of H-pyrrole nitrogens is 1. The van der Waals surface area contributed by atoms with Crippen LogP contribution in [0.4, 0.5) is 0 Å². The molecular weight excluding hydrogens is 490 g/mol. The highest BCUT2D eigenvalue weighted by Crippen LogP contribution is 2.21. The van der Waals surface area contributed by atoms with E-state index in [-0.39, 0.29) is 18.9 Å². The minimum Gasteiger partial charge on any atom is -0.454 e. The molecule has 37 heavy (non-hydrogen) atoms. The summed E-state index contributed by atoms with van der Waals surface area (Å²) in [5.41, 5.74) is 4.47. The fourth-order valence-corrected chi connectivity index (χ4v) is 4.72. The van der Waals surface area contributed by atoms with Crippen molar-refractivity contribution in [3.05, 3.63) is 106 Å². The van der Waals surface area contributed by atoms with Gasteiger partial charge in [0.1, 0.15) is 6.04 Å². The summed E-state index contributed by atoms with van der Waals surface area (Å²) in [5, 5.41) is 4.23. The molecule has 0 saturated heterocycles. The van der Waals surface area contributed by atoms with Gasteiger partial charge in [-0.2, -0.15) is 0 Å². The predicted octanol–water partition coefficient (Wildman–Crippen LogP) is 4.29. The number of hydrogen-bond acceptors (Lipinski definition) is 4. The van der Waals surface area contributed by atoms with Crippen LogP contribution in [0.3, 0.4) is 0 Å². The van der Waals surface area contributed by atoms with Crippen LogP contribution in [0.25, 0.3) is 10.9 Å². The smallest absolute Gasteiger partial charge is 0.329 e. The Morgan fingerprint density at radius 3 is 2.51 bits per heavy atom. The van der Waals surface area contributed by atoms with Gasteiger partial charge in [0.05, 0.1) is 0 Å². The highest BCUT2D eigenvalue weighted by atomic mass is 35.5. The van der Waals surface area contributed by atoms with Crippen LogP contribution in [0.5, 0.6) is 0 Å². The number of fused-ring (bicyclic) bond motifs is 2. The fraction of sp³-hybridized carbons (Fsp3) is 0.207. The molecule has 0 radical (unpaired) electrons. The van der Waals surface area contributed by atoms with Gasteiger partial charge in [0.2, 0.25) is 0 Å². The Kier molecular flexibility index (Phi) is 7.23. The largest absolute Gasteiger partial charge is 0.454 e. The molecule has 1 unspecified atom stereocenters. The van der Waals surface area contributed by atoms with E-state index in [1.807, 2.05) is 48.7 Å². The van der Waals surface area contributed by atoms with E-state index in [0.29, 0.717) is 23.7 Å². The zero-order chi connectivity index (χ0) is 25.8. The number of nitrogens with zero attached hydrogens (tertiary/aromatic N) is 1. The van der Waals surface area contributed by atoms with Crippen LogP contribution in [0.15, 0.2) is 79.0 Å². The first-order valence-electron chi connectivity index (χ1n) is 12.1. The third-order valence-electron chi connectivity index (χ3n) is 6.62. The number of aromatic amines is 1. The van der Waals surface area contributed by atoms with Crippen molar-refractivity contribution in [2.45, 2.75) is 25.4 Å². The third-order valence-corrected chi connectivity index (χ3v) is 6.87. The molecule has 2 heterocycles. The Balaban J connectivity index is 1.28. The maximum atomic E-state index is 13.2. The second-order valence-electron chi connectivity index (χ2n) is 9.04. The topological polar surface area (TPSA) is 91.5 Å². The van der Waals surface area contributed by atoms with Gasteiger partial charge in [-0.15, -0.1) is 0 Å². The molecule has 2 N–H and O–H groups in total. The molecule has 0 saturated carbocycles. The molecule has 0 spiro atoms. The van der Waals surface area contributed by atoms with E-state index in [1.165, 1.54) is 5.56 Å². The molecule has 188 valence electrons. The lowest BCUT2D eigenvalue weighted by Crippen LogP contribution is -2.45. The lowest BCUT2D eigenvalue weighted by atomic mass is 10.00. The van der Waals surface area contributed by atoms with Gasteiger partial charge in [-0.25, -0.2) is 4.79 Å². The summed E-state index contributed by atoms with van der Waals surface area (Å²) in [6.45, 7) is 0.667. The first-order chi connectivity index (χ1) is 18.0. The van der Waals surface area contributed by atoms with Crippen molar-refractivity contribution < 1.29 is 19.1 Å². The van der Waals surface area contributed by atoms with Crippen LogP contribution in [-0.4, -0.2) is 46.9 Å². The first-order valence-corrected chi connectivity index (χ1v) is 12.5. The maximum absolute atomic E-state index is 13.2. The van der Waals surface area contributed by atoms with Gasteiger partial charge in [0.25, 0.3) is 11.8 Å². The Labute approximate surface area is 219 Å². The van der Waals surface area contributed by atoms with Crippen LogP contribution in [-0.2, 0) is 33.7 Å². The van der Waals surface area contributed by atoms with Crippen molar-refractivity contribution in [2.24, 2.45) is 0 Å². The summed E-state index contributed by atoms with van der Waals surface area (Å²) < 4.78 is 5.45. The van der Waals surface area contributed by atoms with Gasteiger partial charge in [-0.3, -0.25) is 9.59 Å². The number of esters is 1. The van der Waals surface area contributed by atoms with Crippen molar-refractivity contribution in [1.82, 2.24) is 15.2 Å². The molecule has 1 atom stereocenters. The number of amides is 2. The standard InChI is InChI=1S/C29H26ClN3O4/c30-23-11-9-20(10-12-23)28(35)32-26(15-22-16-31-25-8-4-3-7-24(22)25)29(36)37-18-27(34)33-14-13-19-5-1-2-6-21(19)17-33/h1-12,16,26,31H,13-15,17-18H2,(H,32,35). The number of ether oxygens (including phenoxy) is 1. The number of rotatable bonds is 7. The van der Waals surface area contributed by atoms with E-state index in [4.69, 9.17) is 16.3 Å².